The lowest BCUT2D eigenvalue weighted by molar-refractivity contribution is -0.120. The van der Waals surface area contributed by atoms with Crippen LogP contribution in [-0.2, 0) is 14.8 Å². The van der Waals surface area contributed by atoms with E-state index in [4.69, 9.17) is 0 Å². The number of thioether (sulfide) groups is 1. The number of rotatable bonds is 6. The van der Waals surface area contributed by atoms with E-state index >= 15 is 0 Å². The lowest BCUT2D eigenvalue weighted by atomic mass is 9.97. The van der Waals surface area contributed by atoms with E-state index < -0.39 is 10.0 Å². The summed E-state index contributed by atoms with van der Waals surface area (Å²) in [5.41, 5.74) is 3.26. The van der Waals surface area contributed by atoms with Crippen molar-refractivity contribution >= 4 is 33.4 Å². The maximum Gasteiger partial charge on any atom is 0.243 e. The number of amides is 1. The summed E-state index contributed by atoms with van der Waals surface area (Å²) in [5.74, 6) is 0.663. The highest BCUT2D eigenvalue weighted by atomic mass is 32.2. The van der Waals surface area contributed by atoms with Gasteiger partial charge in [-0.05, 0) is 62.6 Å². The summed E-state index contributed by atoms with van der Waals surface area (Å²) in [6.07, 6.45) is 2.68. The van der Waals surface area contributed by atoms with Crippen LogP contribution in [0.2, 0.25) is 0 Å². The van der Waals surface area contributed by atoms with Crippen LogP contribution in [0.3, 0.4) is 0 Å². The van der Waals surface area contributed by atoms with Gasteiger partial charge < -0.3 is 5.32 Å². The largest absolute Gasteiger partial charge is 0.324 e. The summed E-state index contributed by atoms with van der Waals surface area (Å²) < 4.78 is 27.9. The first-order valence-corrected chi connectivity index (χ1v) is 12.6. The quantitative estimate of drug-likeness (QED) is 0.673. The maximum absolute atomic E-state index is 13.2. The predicted molar refractivity (Wildman–Crippen MR) is 121 cm³/mol. The van der Waals surface area contributed by atoms with Crippen molar-refractivity contribution in [3.63, 3.8) is 0 Å². The molecule has 3 rings (SSSR count). The maximum atomic E-state index is 13.2. The topological polar surface area (TPSA) is 79.4 Å². The molecule has 1 aliphatic rings. The summed E-state index contributed by atoms with van der Waals surface area (Å²) >= 11 is 1.65. The van der Waals surface area contributed by atoms with Crippen molar-refractivity contribution < 1.29 is 13.2 Å². The van der Waals surface area contributed by atoms with Gasteiger partial charge in [-0.15, -0.1) is 11.8 Å². The van der Waals surface area contributed by atoms with Crippen LogP contribution in [0, 0.1) is 26.7 Å². The number of carbonyl (C=O) groups excluding carboxylic acids is 1. The van der Waals surface area contributed by atoms with Crippen molar-refractivity contribution in [2.24, 2.45) is 5.92 Å². The summed E-state index contributed by atoms with van der Waals surface area (Å²) in [6, 6.07) is 7.55. The molecule has 0 radical (unpaired) electrons. The lowest BCUT2D eigenvalue weighted by Crippen LogP contribution is -2.41. The Morgan fingerprint density at radius 1 is 1.17 bits per heavy atom. The van der Waals surface area contributed by atoms with Gasteiger partial charge in [-0.1, -0.05) is 24.6 Å². The molecule has 1 amide bonds. The molecule has 1 N–H and O–H groups in total. The van der Waals surface area contributed by atoms with Gasteiger partial charge in [-0.3, -0.25) is 4.79 Å². The second kappa shape index (κ2) is 9.49. The molecular formula is C22H29N3O3S2. The summed E-state index contributed by atoms with van der Waals surface area (Å²) in [5, 5.41) is 3.84. The Balaban J connectivity index is 1.63. The molecule has 0 aliphatic carbocycles. The van der Waals surface area contributed by atoms with E-state index in [1.807, 2.05) is 45.0 Å². The summed E-state index contributed by atoms with van der Waals surface area (Å²) in [7, 11) is -3.57. The van der Waals surface area contributed by atoms with Gasteiger partial charge in [0.05, 0.1) is 21.8 Å². The number of aromatic nitrogens is 1. The third-order valence-electron chi connectivity index (χ3n) is 5.32. The number of pyridine rings is 1. The number of anilines is 1. The second-order valence-electron chi connectivity index (χ2n) is 7.71. The minimum atomic E-state index is -3.57. The highest BCUT2D eigenvalue weighted by molar-refractivity contribution is 7.99. The van der Waals surface area contributed by atoms with Crippen LogP contribution in [0.4, 0.5) is 5.69 Å². The molecule has 30 heavy (non-hydrogen) atoms. The zero-order valence-electron chi connectivity index (χ0n) is 17.9. The fraction of sp³-hybridized carbons (Fsp3) is 0.455. The van der Waals surface area contributed by atoms with Crippen molar-refractivity contribution in [3.05, 3.63) is 47.2 Å². The molecule has 1 aromatic heterocycles. The zero-order valence-corrected chi connectivity index (χ0v) is 19.6. The Morgan fingerprint density at radius 3 is 2.33 bits per heavy atom. The number of piperidine rings is 1. The van der Waals surface area contributed by atoms with E-state index in [-0.39, 0.29) is 11.8 Å². The number of nitrogens with one attached hydrogen (secondary N) is 1. The molecule has 1 fully saturated rings. The van der Waals surface area contributed by atoms with Crippen molar-refractivity contribution in [2.45, 2.75) is 50.5 Å². The van der Waals surface area contributed by atoms with E-state index in [2.05, 4.69) is 17.2 Å². The van der Waals surface area contributed by atoms with Crippen LogP contribution >= 0.6 is 11.8 Å². The number of sulfonamides is 1. The third-order valence-corrected chi connectivity index (χ3v) is 8.35. The monoisotopic (exact) mass is 447 g/mol. The molecule has 162 valence electrons. The van der Waals surface area contributed by atoms with Gasteiger partial charge in [0.25, 0.3) is 0 Å². The van der Waals surface area contributed by atoms with Crippen LogP contribution in [-0.4, -0.2) is 42.5 Å². The van der Waals surface area contributed by atoms with E-state index in [9.17, 15) is 13.2 Å². The SMILES string of the molecule is CCSc1ccc(NC(=O)C2CCN(S(=O)(=O)c3c(C)cc(C)cc3C)CC2)cn1. The molecule has 1 aliphatic heterocycles. The minimum Gasteiger partial charge on any atom is -0.324 e. The number of nitrogens with zero attached hydrogens (tertiary/aromatic N) is 2. The van der Waals surface area contributed by atoms with Crippen molar-refractivity contribution in [1.29, 1.82) is 0 Å². The van der Waals surface area contributed by atoms with Gasteiger partial charge >= 0.3 is 0 Å². The molecule has 8 heteroatoms. The molecular weight excluding hydrogens is 418 g/mol. The van der Waals surface area contributed by atoms with Crippen LogP contribution in [0.15, 0.2) is 40.4 Å². The second-order valence-corrected chi connectivity index (χ2v) is 10.9. The number of hydrogen-bond acceptors (Lipinski definition) is 5. The number of aryl methyl sites for hydroxylation is 3. The van der Waals surface area contributed by atoms with Crippen molar-refractivity contribution in [3.8, 4) is 0 Å². The molecule has 0 atom stereocenters. The molecule has 1 saturated heterocycles. The molecule has 0 unspecified atom stereocenters. The number of hydrogen-bond donors (Lipinski definition) is 1. The van der Waals surface area contributed by atoms with Crippen LogP contribution in [0.1, 0.15) is 36.5 Å². The van der Waals surface area contributed by atoms with E-state index in [0.717, 1.165) is 27.5 Å². The summed E-state index contributed by atoms with van der Waals surface area (Å²) in [4.78, 5) is 17.4. The average molecular weight is 448 g/mol. The molecule has 0 bridgehead atoms. The van der Waals surface area contributed by atoms with Gasteiger partial charge in [0, 0.05) is 19.0 Å². The number of carbonyl (C=O) groups is 1. The van der Waals surface area contributed by atoms with E-state index in [0.29, 0.717) is 36.5 Å². The standard InChI is InChI=1S/C22H29N3O3S2/c1-5-29-20-7-6-19(14-23-20)24-22(26)18-8-10-25(11-9-18)30(27,28)21-16(3)12-15(2)13-17(21)4/h6-7,12-14,18H,5,8-11H2,1-4H3,(H,24,26). The first kappa shape index (κ1) is 22.8. The van der Waals surface area contributed by atoms with Crippen molar-refractivity contribution in [2.75, 3.05) is 24.2 Å². The van der Waals surface area contributed by atoms with Crippen LogP contribution in [0.5, 0.6) is 0 Å². The molecule has 0 spiro atoms. The average Bonchev–Trinajstić information content (AvgIpc) is 2.69. The first-order chi connectivity index (χ1) is 14.2. The third kappa shape index (κ3) is 5.04. The van der Waals surface area contributed by atoms with E-state index in [1.54, 1.807) is 18.0 Å². The molecule has 2 heterocycles. The highest BCUT2D eigenvalue weighted by Gasteiger charge is 2.33. The summed E-state index contributed by atoms with van der Waals surface area (Å²) in [6.45, 7) is 8.40. The Labute approximate surface area is 183 Å². The van der Waals surface area contributed by atoms with E-state index in [1.165, 1.54) is 4.31 Å². The molecule has 2 aromatic rings. The lowest BCUT2D eigenvalue weighted by Gasteiger charge is -2.31. The number of benzene rings is 1. The van der Waals surface area contributed by atoms with Gasteiger partial charge in [-0.2, -0.15) is 4.31 Å². The van der Waals surface area contributed by atoms with Crippen LogP contribution in [0.25, 0.3) is 0 Å². The molecule has 6 nitrogen and oxygen atoms in total. The zero-order chi connectivity index (χ0) is 21.9. The predicted octanol–water partition coefficient (Wildman–Crippen LogP) is 4.16. The van der Waals surface area contributed by atoms with Gasteiger partial charge in [0.2, 0.25) is 15.9 Å². The normalized spacial score (nSPS) is 15.9. The first-order valence-electron chi connectivity index (χ1n) is 10.2. The smallest absolute Gasteiger partial charge is 0.243 e. The minimum absolute atomic E-state index is 0.0764. The van der Waals surface area contributed by atoms with Gasteiger partial charge in [0.1, 0.15) is 0 Å². The fourth-order valence-electron chi connectivity index (χ4n) is 3.99. The Hall–Kier alpha value is -1.90. The Morgan fingerprint density at radius 2 is 1.80 bits per heavy atom. The van der Waals surface area contributed by atoms with Crippen LogP contribution < -0.4 is 5.32 Å². The Bertz CT molecular complexity index is 989. The Kier molecular flexibility index (Phi) is 7.21. The molecule has 1 aromatic carbocycles. The fourth-order valence-corrected chi connectivity index (χ4v) is 6.46. The van der Waals surface area contributed by atoms with Gasteiger partial charge in [0.15, 0.2) is 0 Å². The van der Waals surface area contributed by atoms with Crippen molar-refractivity contribution in [1.82, 2.24) is 9.29 Å². The highest BCUT2D eigenvalue weighted by Crippen LogP contribution is 2.29. The van der Waals surface area contributed by atoms with Gasteiger partial charge in [-0.25, -0.2) is 13.4 Å². The molecule has 0 saturated carbocycles.